The molecule has 0 saturated carbocycles. The number of carbonyl (C=O) groups excluding carboxylic acids is 2. The highest BCUT2D eigenvalue weighted by Crippen LogP contribution is 2.16. The second-order valence-electron chi connectivity index (χ2n) is 6.86. The van der Waals surface area contributed by atoms with E-state index in [0.29, 0.717) is 39.0 Å². The minimum absolute atomic E-state index is 0.0523. The Morgan fingerprint density at radius 1 is 1.11 bits per heavy atom. The lowest BCUT2D eigenvalue weighted by Crippen LogP contribution is -2.47. The largest absolute Gasteiger partial charge is 0.494 e. The molecule has 2 amide bonds. The van der Waals surface area contributed by atoms with Crippen molar-refractivity contribution < 1.29 is 18.7 Å². The Labute approximate surface area is 164 Å². The smallest absolute Gasteiger partial charge is 0.254 e. The van der Waals surface area contributed by atoms with Crippen molar-refractivity contribution in [1.82, 2.24) is 10.2 Å². The van der Waals surface area contributed by atoms with E-state index in [0.717, 1.165) is 11.3 Å². The van der Waals surface area contributed by atoms with Crippen molar-refractivity contribution in [2.24, 2.45) is 0 Å². The first-order chi connectivity index (χ1) is 13.6. The van der Waals surface area contributed by atoms with Crippen molar-refractivity contribution in [3.8, 4) is 5.75 Å². The lowest BCUT2D eigenvalue weighted by atomic mass is 10.0. The molecular formula is C22H25FN2O3. The lowest BCUT2D eigenvalue weighted by molar-refractivity contribution is -0.131. The Kier molecular flexibility index (Phi) is 6.63. The molecule has 0 bridgehead atoms. The van der Waals surface area contributed by atoms with Crippen LogP contribution >= 0.6 is 0 Å². The third-order valence-electron chi connectivity index (χ3n) is 4.89. The molecular weight excluding hydrogens is 359 g/mol. The molecule has 0 aromatic heterocycles. The minimum Gasteiger partial charge on any atom is -0.494 e. The number of rotatable bonds is 6. The van der Waals surface area contributed by atoms with Crippen LogP contribution in [-0.2, 0) is 11.2 Å². The van der Waals surface area contributed by atoms with Crippen LogP contribution in [0.15, 0.2) is 48.5 Å². The van der Waals surface area contributed by atoms with E-state index in [1.807, 2.05) is 36.1 Å². The van der Waals surface area contributed by atoms with Crippen molar-refractivity contribution in [2.45, 2.75) is 32.2 Å². The summed E-state index contributed by atoms with van der Waals surface area (Å²) in [4.78, 5) is 26.6. The maximum absolute atomic E-state index is 13.7. The second-order valence-corrected chi connectivity index (χ2v) is 6.86. The molecule has 5 nitrogen and oxygen atoms in total. The van der Waals surface area contributed by atoms with Crippen molar-refractivity contribution >= 4 is 11.8 Å². The lowest BCUT2D eigenvalue weighted by Gasteiger charge is -2.32. The van der Waals surface area contributed by atoms with Gasteiger partial charge in [0.1, 0.15) is 11.6 Å². The molecule has 1 saturated heterocycles. The molecule has 6 heteroatoms. The van der Waals surface area contributed by atoms with E-state index in [-0.39, 0.29) is 17.5 Å². The number of nitrogens with zero attached hydrogens (tertiary/aromatic N) is 1. The van der Waals surface area contributed by atoms with Crippen LogP contribution in [0.4, 0.5) is 4.39 Å². The third kappa shape index (κ3) is 5.09. The number of piperidine rings is 1. The van der Waals surface area contributed by atoms with Crippen LogP contribution in [0.5, 0.6) is 5.75 Å². The monoisotopic (exact) mass is 384 g/mol. The van der Waals surface area contributed by atoms with E-state index in [4.69, 9.17) is 4.74 Å². The number of ether oxygens (including phenoxy) is 1. The summed E-state index contributed by atoms with van der Waals surface area (Å²) in [5.41, 5.74) is 1.000. The van der Waals surface area contributed by atoms with Gasteiger partial charge in [0.15, 0.2) is 0 Å². The number of likely N-dealkylation sites (tertiary alicyclic amines) is 1. The van der Waals surface area contributed by atoms with Gasteiger partial charge in [0.25, 0.3) is 5.91 Å². The molecule has 2 aromatic carbocycles. The number of hydrogen-bond acceptors (Lipinski definition) is 3. The van der Waals surface area contributed by atoms with Gasteiger partial charge in [-0.2, -0.15) is 0 Å². The standard InChI is InChI=1S/C22H25FN2O3/c1-2-28-18-9-7-16(8-10-18)15-21(26)25-13-11-17(12-14-25)24-22(27)19-5-3-4-6-20(19)23/h3-10,17H,2,11-15H2,1H3,(H,24,27). The maximum Gasteiger partial charge on any atom is 0.254 e. The molecule has 0 aliphatic carbocycles. The molecule has 2 aromatic rings. The first-order valence-electron chi connectivity index (χ1n) is 9.61. The highest BCUT2D eigenvalue weighted by Gasteiger charge is 2.24. The van der Waals surface area contributed by atoms with Gasteiger partial charge in [-0.25, -0.2) is 4.39 Å². The molecule has 0 atom stereocenters. The highest BCUT2D eigenvalue weighted by molar-refractivity contribution is 5.94. The molecule has 1 N–H and O–H groups in total. The Morgan fingerprint density at radius 2 is 1.79 bits per heavy atom. The van der Waals surface area contributed by atoms with Crippen molar-refractivity contribution in [1.29, 1.82) is 0 Å². The summed E-state index contributed by atoms with van der Waals surface area (Å²) in [6, 6.07) is 13.4. The second kappa shape index (κ2) is 9.35. The van der Waals surface area contributed by atoms with Gasteiger partial charge in [0.2, 0.25) is 5.91 Å². The van der Waals surface area contributed by atoms with Crippen LogP contribution in [0, 0.1) is 5.82 Å². The van der Waals surface area contributed by atoms with Crippen molar-refractivity contribution in [2.75, 3.05) is 19.7 Å². The first kappa shape index (κ1) is 19.9. The molecule has 0 unspecified atom stereocenters. The summed E-state index contributed by atoms with van der Waals surface area (Å²) < 4.78 is 19.1. The molecule has 1 aliphatic rings. The summed E-state index contributed by atoms with van der Waals surface area (Å²) in [5.74, 6) is -0.0617. The van der Waals surface area contributed by atoms with E-state index in [2.05, 4.69) is 5.32 Å². The number of hydrogen-bond donors (Lipinski definition) is 1. The number of amides is 2. The van der Waals surface area contributed by atoms with E-state index >= 15 is 0 Å². The first-order valence-corrected chi connectivity index (χ1v) is 9.61. The number of carbonyl (C=O) groups is 2. The fourth-order valence-electron chi connectivity index (χ4n) is 3.34. The summed E-state index contributed by atoms with van der Waals surface area (Å²) in [5, 5.41) is 2.87. The zero-order valence-corrected chi connectivity index (χ0v) is 16.0. The molecule has 1 heterocycles. The Morgan fingerprint density at radius 3 is 2.43 bits per heavy atom. The fourth-order valence-corrected chi connectivity index (χ4v) is 3.34. The van der Waals surface area contributed by atoms with Gasteiger partial charge in [-0.05, 0) is 49.6 Å². The molecule has 28 heavy (non-hydrogen) atoms. The molecule has 0 spiro atoms. The topological polar surface area (TPSA) is 58.6 Å². The Balaban J connectivity index is 1.47. The summed E-state index contributed by atoms with van der Waals surface area (Å²) in [6.07, 6.45) is 1.67. The molecule has 3 rings (SSSR count). The Hall–Kier alpha value is -2.89. The van der Waals surface area contributed by atoms with Gasteiger partial charge in [-0.3, -0.25) is 9.59 Å². The van der Waals surface area contributed by atoms with E-state index in [1.165, 1.54) is 12.1 Å². The summed E-state index contributed by atoms with van der Waals surface area (Å²) in [6.45, 7) is 3.71. The fraction of sp³-hybridized carbons (Fsp3) is 0.364. The number of halogens is 1. The zero-order chi connectivity index (χ0) is 19.9. The predicted molar refractivity (Wildman–Crippen MR) is 105 cm³/mol. The van der Waals surface area contributed by atoms with Crippen LogP contribution < -0.4 is 10.1 Å². The van der Waals surface area contributed by atoms with Crippen LogP contribution in [-0.4, -0.2) is 42.5 Å². The van der Waals surface area contributed by atoms with Gasteiger partial charge in [-0.15, -0.1) is 0 Å². The number of nitrogens with one attached hydrogen (secondary N) is 1. The maximum atomic E-state index is 13.7. The minimum atomic E-state index is -0.525. The van der Waals surface area contributed by atoms with Crippen molar-refractivity contribution in [3.05, 3.63) is 65.5 Å². The van der Waals surface area contributed by atoms with Gasteiger partial charge >= 0.3 is 0 Å². The van der Waals surface area contributed by atoms with E-state index < -0.39 is 11.7 Å². The average Bonchev–Trinajstić information content (AvgIpc) is 2.70. The summed E-state index contributed by atoms with van der Waals surface area (Å²) in [7, 11) is 0. The normalized spacial score (nSPS) is 14.6. The van der Waals surface area contributed by atoms with Gasteiger partial charge in [0, 0.05) is 19.1 Å². The highest BCUT2D eigenvalue weighted by atomic mass is 19.1. The molecule has 148 valence electrons. The zero-order valence-electron chi connectivity index (χ0n) is 16.0. The van der Waals surface area contributed by atoms with E-state index in [9.17, 15) is 14.0 Å². The SMILES string of the molecule is CCOc1ccc(CC(=O)N2CCC(NC(=O)c3ccccc3F)CC2)cc1. The molecule has 1 aliphatic heterocycles. The van der Waals surface area contributed by atoms with Gasteiger partial charge in [0.05, 0.1) is 18.6 Å². The number of benzene rings is 2. The quantitative estimate of drug-likeness (QED) is 0.832. The van der Waals surface area contributed by atoms with Gasteiger partial charge in [-0.1, -0.05) is 24.3 Å². The molecule has 0 radical (unpaired) electrons. The van der Waals surface area contributed by atoms with Crippen LogP contribution in [0.25, 0.3) is 0 Å². The average molecular weight is 384 g/mol. The van der Waals surface area contributed by atoms with Crippen LogP contribution in [0.3, 0.4) is 0 Å². The Bertz CT molecular complexity index is 815. The van der Waals surface area contributed by atoms with Crippen LogP contribution in [0.1, 0.15) is 35.7 Å². The summed E-state index contributed by atoms with van der Waals surface area (Å²) >= 11 is 0. The third-order valence-corrected chi connectivity index (χ3v) is 4.89. The van der Waals surface area contributed by atoms with Crippen LogP contribution in [0.2, 0.25) is 0 Å². The van der Waals surface area contributed by atoms with Crippen molar-refractivity contribution in [3.63, 3.8) is 0 Å². The molecule has 1 fully saturated rings. The van der Waals surface area contributed by atoms with Gasteiger partial charge < -0.3 is 15.0 Å². The van der Waals surface area contributed by atoms with E-state index in [1.54, 1.807) is 12.1 Å². The predicted octanol–water partition coefficient (Wildman–Crippen LogP) is 3.19.